The first kappa shape index (κ1) is 14.5. The zero-order chi connectivity index (χ0) is 14.5. The first-order chi connectivity index (χ1) is 9.56. The Morgan fingerprint density at radius 3 is 2.65 bits per heavy atom. The number of nitrogens with zero attached hydrogens (tertiary/aromatic N) is 1. The molecule has 1 unspecified atom stereocenters. The maximum Gasteiger partial charge on any atom is 0.316 e. The first-order valence-corrected chi connectivity index (χ1v) is 7.23. The van der Waals surface area contributed by atoms with Crippen LogP contribution < -0.4 is 16.4 Å². The molecule has 0 aliphatic heterocycles. The van der Waals surface area contributed by atoms with Gasteiger partial charge in [-0.1, -0.05) is 12.1 Å². The molecule has 0 fully saturated rings. The molecule has 0 spiro atoms. The average molecular weight is 290 g/mol. The molecule has 1 aromatic heterocycles. The van der Waals surface area contributed by atoms with Crippen LogP contribution >= 0.6 is 11.3 Å². The van der Waals surface area contributed by atoms with Crippen molar-refractivity contribution in [2.45, 2.75) is 26.4 Å². The van der Waals surface area contributed by atoms with Gasteiger partial charge < -0.3 is 16.4 Å². The van der Waals surface area contributed by atoms with Crippen LogP contribution in [-0.4, -0.2) is 11.0 Å². The second-order valence-corrected chi connectivity index (χ2v) is 5.51. The van der Waals surface area contributed by atoms with Crippen LogP contribution in [0.4, 0.5) is 10.5 Å². The van der Waals surface area contributed by atoms with Gasteiger partial charge in [-0.3, -0.25) is 0 Å². The van der Waals surface area contributed by atoms with E-state index in [1.54, 1.807) is 11.3 Å². The lowest BCUT2D eigenvalue weighted by Crippen LogP contribution is -2.20. The van der Waals surface area contributed by atoms with Crippen LogP contribution in [0.1, 0.15) is 29.1 Å². The highest BCUT2D eigenvalue weighted by Crippen LogP contribution is 2.18. The Kier molecular flexibility index (Phi) is 4.70. The van der Waals surface area contributed by atoms with Crippen LogP contribution in [0.15, 0.2) is 29.8 Å². The van der Waals surface area contributed by atoms with E-state index in [0.29, 0.717) is 5.69 Å². The van der Waals surface area contributed by atoms with Gasteiger partial charge in [-0.15, -0.1) is 11.3 Å². The van der Waals surface area contributed by atoms with Crippen LogP contribution in [-0.2, 0) is 6.54 Å². The molecule has 0 saturated carbocycles. The van der Waals surface area contributed by atoms with E-state index in [-0.39, 0.29) is 6.04 Å². The number of hydrogen-bond acceptors (Lipinski definition) is 4. The number of hydrogen-bond donors (Lipinski definition) is 3. The summed E-state index contributed by atoms with van der Waals surface area (Å²) in [4.78, 5) is 16.2. The van der Waals surface area contributed by atoms with Gasteiger partial charge in [0.05, 0.1) is 11.2 Å². The van der Waals surface area contributed by atoms with Crippen molar-refractivity contribution in [2.75, 3.05) is 5.32 Å². The molecule has 106 valence electrons. The first-order valence-electron chi connectivity index (χ1n) is 6.35. The Morgan fingerprint density at radius 2 is 2.10 bits per heavy atom. The summed E-state index contributed by atoms with van der Waals surface area (Å²) < 4.78 is 0. The molecule has 1 heterocycles. The summed E-state index contributed by atoms with van der Waals surface area (Å²) in [6, 6.07) is 7.31. The van der Waals surface area contributed by atoms with Crippen LogP contribution in [0, 0.1) is 6.92 Å². The monoisotopic (exact) mass is 290 g/mol. The van der Waals surface area contributed by atoms with Crippen molar-refractivity contribution in [3.8, 4) is 0 Å². The topological polar surface area (TPSA) is 80.0 Å². The highest BCUT2D eigenvalue weighted by atomic mass is 32.1. The number of carbonyl (C=O) groups is 1. The lowest BCUT2D eigenvalue weighted by atomic mass is 10.1. The molecule has 0 saturated heterocycles. The number of amides is 2. The van der Waals surface area contributed by atoms with Gasteiger partial charge in [0.2, 0.25) is 0 Å². The van der Waals surface area contributed by atoms with Crippen molar-refractivity contribution in [3.05, 3.63) is 45.9 Å². The summed E-state index contributed by atoms with van der Waals surface area (Å²) >= 11 is 1.66. The van der Waals surface area contributed by atoms with E-state index in [1.165, 1.54) is 4.88 Å². The van der Waals surface area contributed by atoms with E-state index in [2.05, 4.69) is 22.5 Å². The second-order valence-electron chi connectivity index (χ2n) is 4.57. The van der Waals surface area contributed by atoms with E-state index < -0.39 is 6.03 Å². The second kappa shape index (κ2) is 6.49. The Labute approximate surface area is 122 Å². The number of benzene rings is 1. The van der Waals surface area contributed by atoms with Gasteiger partial charge in [-0.25, -0.2) is 9.78 Å². The highest BCUT2D eigenvalue weighted by molar-refractivity contribution is 7.09. The minimum atomic E-state index is -0.551. The molecule has 2 amide bonds. The lowest BCUT2D eigenvalue weighted by Gasteiger charge is -2.14. The van der Waals surface area contributed by atoms with Crippen molar-refractivity contribution >= 4 is 23.1 Å². The normalized spacial score (nSPS) is 12.1. The van der Waals surface area contributed by atoms with Crippen LogP contribution in [0.5, 0.6) is 0 Å². The molecule has 0 aliphatic rings. The molecule has 0 aliphatic carbocycles. The average Bonchev–Trinajstić information content (AvgIpc) is 2.82. The number of nitrogens with two attached hydrogens (primary N) is 1. The third-order valence-corrected chi connectivity index (χ3v) is 4.03. The number of aryl methyl sites for hydroxylation is 1. The zero-order valence-electron chi connectivity index (χ0n) is 11.5. The molecular weight excluding hydrogens is 272 g/mol. The van der Waals surface area contributed by atoms with Gasteiger partial charge in [0.25, 0.3) is 0 Å². The van der Waals surface area contributed by atoms with Crippen LogP contribution in [0.25, 0.3) is 0 Å². The maximum absolute atomic E-state index is 10.7. The van der Waals surface area contributed by atoms with Crippen molar-refractivity contribution in [3.63, 3.8) is 0 Å². The molecule has 0 bridgehead atoms. The van der Waals surface area contributed by atoms with E-state index in [1.807, 2.05) is 36.7 Å². The predicted molar refractivity (Wildman–Crippen MR) is 81.8 cm³/mol. The third kappa shape index (κ3) is 3.79. The van der Waals surface area contributed by atoms with Gasteiger partial charge in [0.15, 0.2) is 0 Å². The highest BCUT2D eigenvalue weighted by Gasteiger charge is 2.07. The van der Waals surface area contributed by atoms with E-state index in [9.17, 15) is 4.79 Å². The summed E-state index contributed by atoms with van der Waals surface area (Å²) in [6.45, 7) is 4.92. The van der Waals surface area contributed by atoms with Crippen molar-refractivity contribution in [1.82, 2.24) is 10.3 Å². The van der Waals surface area contributed by atoms with Crippen molar-refractivity contribution in [1.29, 1.82) is 0 Å². The minimum absolute atomic E-state index is 0.221. The van der Waals surface area contributed by atoms with E-state index in [4.69, 9.17) is 5.73 Å². The number of carbonyl (C=O) groups excluding carboxylic acids is 1. The van der Waals surface area contributed by atoms with Crippen LogP contribution in [0.3, 0.4) is 0 Å². The fourth-order valence-corrected chi connectivity index (χ4v) is 2.58. The quantitative estimate of drug-likeness (QED) is 0.792. The van der Waals surface area contributed by atoms with Crippen molar-refractivity contribution < 1.29 is 4.79 Å². The summed E-state index contributed by atoms with van der Waals surface area (Å²) in [5.41, 5.74) is 9.87. The summed E-state index contributed by atoms with van der Waals surface area (Å²) in [5, 5.41) is 6.01. The molecule has 1 aromatic carbocycles. The Bertz CT molecular complexity index is 579. The molecule has 2 rings (SSSR count). The molecule has 20 heavy (non-hydrogen) atoms. The van der Waals surface area contributed by atoms with Gasteiger partial charge in [-0.05, 0) is 31.5 Å². The van der Waals surface area contributed by atoms with Gasteiger partial charge in [0, 0.05) is 23.2 Å². The van der Waals surface area contributed by atoms with Crippen LogP contribution in [0.2, 0.25) is 0 Å². The number of nitrogens with one attached hydrogen (secondary N) is 2. The number of aromatic nitrogens is 1. The largest absolute Gasteiger partial charge is 0.351 e. The predicted octanol–water partition coefficient (Wildman–Crippen LogP) is 2.79. The number of primary amides is 1. The van der Waals surface area contributed by atoms with Gasteiger partial charge in [-0.2, -0.15) is 0 Å². The molecule has 6 heteroatoms. The Hall–Kier alpha value is -1.92. The number of urea groups is 1. The van der Waals surface area contributed by atoms with E-state index >= 15 is 0 Å². The third-order valence-electron chi connectivity index (χ3n) is 3.09. The van der Waals surface area contributed by atoms with Gasteiger partial charge in [0.1, 0.15) is 0 Å². The smallest absolute Gasteiger partial charge is 0.316 e. The molecule has 5 nitrogen and oxygen atoms in total. The van der Waals surface area contributed by atoms with Gasteiger partial charge >= 0.3 is 6.03 Å². The SMILES string of the molecule is Cc1ncsc1CNC(C)c1ccc(NC(N)=O)cc1. The Balaban J connectivity index is 1.93. The summed E-state index contributed by atoms with van der Waals surface area (Å²) in [7, 11) is 0. The standard InChI is InChI=1S/C14H18N4OS/c1-9(16-7-13-10(2)17-8-20-13)11-3-5-12(6-4-11)18-14(15)19/h3-6,8-9,16H,7H2,1-2H3,(H3,15,18,19). The summed E-state index contributed by atoms with van der Waals surface area (Å²) in [5.74, 6) is 0. The molecule has 4 N–H and O–H groups in total. The molecule has 1 atom stereocenters. The maximum atomic E-state index is 10.7. The Morgan fingerprint density at radius 1 is 1.40 bits per heavy atom. The summed E-state index contributed by atoms with van der Waals surface area (Å²) in [6.07, 6.45) is 0. The molecular formula is C14H18N4OS. The molecule has 2 aromatic rings. The number of thiazole rings is 1. The zero-order valence-corrected chi connectivity index (χ0v) is 12.3. The van der Waals surface area contributed by atoms with Crippen molar-refractivity contribution in [2.24, 2.45) is 5.73 Å². The number of anilines is 1. The minimum Gasteiger partial charge on any atom is -0.351 e. The number of rotatable bonds is 5. The fraction of sp³-hybridized carbons (Fsp3) is 0.286. The van der Waals surface area contributed by atoms with E-state index in [0.717, 1.165) is 17.8 Å². The fourth-order valence-electron chi connectivity index (χ4n) is 1.86. The lowest BCUT2D eigenvalue weighted by molar-refractivity contribution is 0.259. The molecule has 0 radical (unpaired) electrons.